The number of phenolic OH excluding ortho intramolecular Hbond substituents is 3. The third-order valence-corrected chi connectivity index (χ3v) is 13.7. The minimum atomic E-state index is -0.515. The van der Waals surface area contributed by atoms with Gasteiger partial charge in [0.25, 0.3) is 0 Å². The van der Waals surface area contributed by atoms with Crippen molar-refractivity contribution in [2.75, 3.05) is 59.5 Å². The summed E-state index contributed by atoms with van der Waals surface area (Å²) in [6.45, 7) is 13.6. The van der Waals surface area contributed by atoms with Gasteiger partial charge in [-0.05, 0) is 150 Å². The number of aliphatic hydroxyl groups excluding tert-OH is 3. The minimum Gasteiger partial charge on any atom is -0.508 e. The quantitative estimate of drug-likeness (QED) is 0.0175. The molecule has 18 heteroatoms. The van der Waals surface area contributed by atoms with E-state index in [0.717, 1.165) is 33.4 Å². The lowest BCUT2D eigenvalue weighted by Crippen LogP contribution is -2.40. The first-order chi connectivity index (χ1) is 43.3. The predicted octanol–water partition coefficient (Wildman–Crippen LogP) is 8.56. The van der Waals surface area contributed by atoms with Crippen LogP contribution in [0.25, 0.3) is 0 Å². The van der Waals surface area contributed by atoms with Gasteiger partial charge >= 0.3 is 0 Å². The molecule has 6 aromatic carbocycles. The Kier molecular flexibility index (Phi) is 37.0. The molecule has 6 aromatic rings. The molecule has 0 aliphatic carbocycles. The van der Waals surface area contributed by atoms with Gasteiger partial charge in [-0.2, -0.15) is 0 Å². The Balaban J connectivity index is 0.000000288. The van der Waals surface area contributed by atoms with Gasteiger partial charge in [0.15, 0.2) is 0 Å². The molecule has 90 heavy (non-hydrogen) atoms. The van der Waals surface area contributed by atoms with Gasteiger partial charge in [-0.1, -0.05) is 127 Å². The second-order valence-electron chi connectivity index (χ2n) is 23.0. The number of aliphatic hydroxyl groups is 3. The zero-order valence-electron chi connectivity index (χ0n) is 53.4. The molecule has 0 aliphatic rings. The summed E-state index contributed by atoms with van der Waals surface area (Å²) < 4.78 is 33.8. The number of benzene rings is 6. The van der Waals surface area contributed by atoms with E-state index in [2.05, 4.69) is 16.0 Å². The Morgan fingerprint density at radius 1 is 0.322 bits per heavy atom. The number of carbonyl (C=O) groups is 3. The van der Waals surface area contributed by atoms with Crippen molar-refractivity contribution in [2.45, 2.75) is 154 Å². The Labute approximate surface area is 532 Å². The summed E-state index contributed by atoms with van der Waals surface area (Å²) in [5, 5.41) is 65.5. The Hall–Kier alpha value is -7.23. The van der Waals surface area contributed by atoms with Crippen molar-refractivity contribution in [1.29, 1.82) is 0 Å². The van der Waals surface area contributed by atoms with Crippen molar-refractivity contribution >= 4 is 17.7 Å². The second kappa shape index (κ2) is 44.3. The van der Waals surface area contributed by atoms with Gasteiger partial charge in [0.2, 0.25) is 17.7 Å². The van der Waals surface area contributed by atoms with E-state index in [-0.39, 0.29) is 91.2 Å². The molecule has 0 saturated carbocycles. The molecule has 0 radical (unpaired) electrons. The molecule has 0 fully saturated rings. The van der Waals surface area contributed by atoms with E-state index >= 15 is 0 Å². The second-order valence-corrected chi connectivity index (χ2v) is 23.0. The number of amides is 3. The zero-order valence-corrected chi connectivity index (χ0v) is 53.4. The molecule has 9 atom stereocenters. The summed E-state index contributed by atoms with van der Waals surface area (Å²) in [5.41, 5.74) is 6.39. The standard InChI is InChI=1S/3C24H33NO5/c3*1-18(26)15-30-19(2)16-29-17-22(14-21-8-11-23(27)12-9-21)25-24(28)13-10-20-6-4-3-5-7-20/h3*3-9,11-12,18-19,22,26-27H,10,13-17H2,1-2H3,(H,25,28)/t18?,19-,22+;18-,19+,22-;18-,19-,22+/m110/s1. The van der Waals surface area contributed by atoms with Gasteiger partial charge in [-0.3, -0.25) is 14.4 Å². The Bertz CT molecular complexity index is 2510. The van der Waals surface area contributed by atoms with Crippen LogP contribution >= 0.6 is 0 Å². The summed E-state index contributed by atoms with van der Waals surface area (Å²) >= 11 is 0. The number of nitrogens with one attached hydrogen (secondary N) is 3. The normalized spacial score (nSPS) is 14.1. The minimum absolute atomic E-state index is 0.0235. The molecule has 0 saturated heterocycles. The first kappa shape index (κ1) is 75.2. The van der Waals surface area contributed by atoms with Crippen molar-refractivity contribution in [3.63, 3.8) is 0 Å². The number of phenols is 3. The number of aromatic hydroxyl groups is 3. The number of aryl methyl sites for hydroxylation is 3. The van der Waals surface area contributed by atoms with E-state index in [4.69, 9.17) is 28.4 Å². The SMILES string of the molecule is CC(O)CO[C@H](C)COC[C@H](Cc1ccc(O)cc1)NC(=O)CCc1ccccc1.C[C@@H](O)CO[C@@H](C)COC[C@@H](Cc1ccc(O)cc1)NC(=O)CCc1ccccc1.C[C@H](O)CO[C@@H](C)COC[C@@H](Cc1ccc(O)cc1)NC(=O)CCc1ccccc1. The number of hydrogen-bond donors (Lipinski definition) is 9. The van der Waals surface area contributed by atoms with E-state index in [1.165, 1.54) is 0 Å². The fourth-order valence-electron chi connectivity index (χ4n) is 9.00. The lowest BCUT2D eigenvalue weighted by molar-refractivity contribution is -0.123. The van der Waals surface area contributed by atoms with Gasteiger partial charge in [0.05, 0.1) is 114 Å². The van der Waals surface area contributed by atoms with Crippen LogP contribution in [-0.4, -0.2) is 163 Å². The van der Waals surface area contributed by atoms with Crippen LogP contribution in [0, 0.1) is 0 Å². The van der Waals surface area contributed by atoms with Crippen LogP contribution in [0.2, 0.25) is 0 Å². The average molecular weight is 1250 g/mol. The maximum Gasteiger partial charge on any atom is 0.220 e. The van der Waals surface area contributed by atoms with Crippen LogP contribution in [-0.2, 0) is 81.3 Å². The van der Waals surface area contributed by atoms with Gasteiger partial charge in [0.1, 0.15) is 17.2 Å². The number of hydrogen-bond acceptors (Lipinski definition) is 15. The summed E-state index contributed by atoms with van der Waals surface area (Å²) in [5.74, 6) is 0.562. The van der Waals surface area contributed by atoms with E-state index in [1.54, 1.807) is 57.2 Å². The molecular formula is C72H99N3O15. The average Bonchev–Trinajstić information content (AvgIpc) is 3.70. The highest BCUT2D eigenvalue weighted by Crippen LogP contribution is 2.16. The maximum absolute atomic E-state index is 12.5. The first-order valence-corrected chi connectivity index (χ1v) is 31.2. The molecule has 0 bridgehead atoms. The van der Waals surface area contributed by atoms with Crippen molar-refractivity contribution in [1.82, 2.24) is 16.0 Å². The fourth-order valence-corrected chi connectivity index (χ4v) is 9.00. The highest BCUT2D eigenvalue weighted by Gasteiger charge is 2.19. The van der Waals surface area contributed by atoms with Crippen molar-refractivity contribution in [3.8, 4) is 17.2 Å². The Morgan fingerprint density at radius 2 is 0.556 bits per heavy atom. The highest BCUT2D eigenvalue weighted by atomic mass is 16.5. The third-order valence-electron chi connectivity index (χ3n) is 13.7. The van der Waals surface area contributed by atoms with Crippen LogP contribution in [0.1, 0.15) is 94.2 Å². The lowest BCUT2D eigenvalue weighted by atomic mass is 10.1. The summed E-state index contributed by atoms with van der Waals surface area (Å²) in [4.78, 5) is 37.5. The van der Waals surface area contributed by atoms with E-state index in [0.29, 0.717) is 97.4 Å². The van der Waals surface area contributed by atoms with Crippen LogP contribution in [0.4, 0.5) is 0 Å². The molecule has 18 nitrogen and oxygen atoms in total. The van der Waals surface area contributed by atoms with Crippen molar-refractivity contribution < 1.29 is 73.4 Å². The van der Waals surface area contributed by atoms with Gasteiger partial charge in [-0.25, -0.2) is 0 Å². The first-order valence-electron chi connectivity index (χ1n) is 31.2. The molecule has 6 rings (SSSR count). The molecule has 0 aliphatic heterocycles. The molecule has 492 valence electrons. The largest absolute Gasteiger partial charge is 0.508 e. The molecule has 0 aromatic heterocycles. The van der Waals surface area contributed by atoms with Gasteiger partial charge in [-0.15, -0.1) is 0 Å². The summed E-state index contributed by atoms with van der Waals surface area (Å²) in [7, 11) is 0. The molecule has 9 N–H and O–H groups in total. The predicted molar refractivity (Wildman–Crippen MR) is 349 cm³/mol. The van der Waals surface area contributed by atoms with Crippen LogP contribution in [0.3, 0.4) is 0 Å². The van der Waals surface area contributed by atoms with Gasteiger partial charge in [0, 0.05) is 19.3 Å². The number of rotatable bonds is 39. The summed E-state index contributed by atoms with van der Waals surface area (Å²) in [6.07, 6.45) is 3.07. The van der Waals surface area contributed by atoms with E-state index in [1.807, 2.05) is 148 Å². The van der Waals surface area contributed by atoms with Crippen LogP contribution < -0.4 is 16.0 Å². The molecule has 0 heterocycles. The third kappa shape index (κ3) is 36.4. The van der Waals surface area contributed by atoms with E-state index < -0.39 is 18.3 Å². The smallest absolute Gasteiger partial charge is 0.220 e. The highest BCUT2D eigenvalue weighted by molar-refractivity contribution is 5.77. The fraction of sp³-hybridized carbons (Fsp3) is 0.458. The van der Waals surface area contributed by atoms with E-state index in [9.17, 15) is 45.0 Å². The van der Waals surface area contributed by atoms with Crippen molar-refractivity contribution in [2.24, 2.45) is 0 Å². The summed E-state index contributed by atoms with van der Waals surface area (Å²) in [6, 6.07) is 50.0. The van der Waals surface area contributed by atoms with Crippen LogP contribution in [0.15, 0.2) is 164 Å². The molecule has 3 amide bonds. The number of carbonyl (C=O) groups excluding carboxylic acids is 3. The van der Waals surface area contributed by atoms with Gasteiger partial charge < -0.3 is 75.0 Å². The van der Waals surface area contributed by atoms with Crippen LogP contribution in [0.5, 0.6) is 17.2 Å². The van der Waals surface area contributed by atoms with Crippen molar-refractivity contribution in [3.05, 3.63) is 197 Å². The Morgan fingerprint density at radius 3 is 0.778 bits per heavy atom. The maximum atomic E-state index is 12.5. The number of ether oxygens (including phenoxy) is 6. The zero-order chi connectivity index (χ0) is 65.3. The topological polar surface area (TPSA) is 264 Å². The molecule has 1 unspecified atom stereocenters. The monoisotopic (exact) mass is 1250 g/mol. The lowest BCUT2D eigenvalue weighted by Gasteiger charge is -2.21. The molecular weight excluding hydrogens is 1150 g/mol. The molecule has 0 spiro atoms.